The van der Waals surface area contributed by atoms with E-state index in [-0.39, 0.29) is 0 Å². The number of H-pyrrole nitrogens is 1. The second kappa shape index (κ2) is 5.79. The lowest BCUT2D eigenvalue weighted by Crippen LogP contribution is -2.17. The fraction of sp³-hybridized carbons (Fsp3) is 0.467. The number of benzene rings is 1. The van der Waals surface area contributed by atoms with Gasteiger partial charge in [0, 0.05) is 30.9 Å². The van der Waals surface area contributed by atoms with Gasteiger partial charge in [-0.15, -0.1) is 0 Å². The molecule has 0 amide bonds. The maximum Gasteiger partial charge on any atom is 0.199 e. The highest BCUT2D eigenvalue weighted by Gasteiger charge is 2.13. The molecule has 1 aromatic heterocycles. The first-order valence-corrected chi connectivity index (χ1v) is 7.72. The van der Waals surface area contributed by atoms with Crippen molar-refractivity contribution in [3.8, 4) is 5.69 Å². The normalized spacial score (nSPS) is 14.9. The fourth-order valence-corrected chi connectivity index (χ4v) is 3.03. The first kappa shape index (κ1) is 13.4. The monoisotopic (exact) mass is 288 g/mol. The Morgan fingerprint density at radius 2 is 1.80 bits per heavy atom. The zero-order valence-corrected chi connectivity index (χ0v) is 12.6. The molecule has 3 rings (SSSR count). The first-order chi connectivity index (χ1) is 9.79. The van der Waals surface area contributed by atoms with Crippen molar-refractivity contribution < 1.29 is 0 Å². The van der Waals surface area contributed by atoms with E-state index in [0.29, 0.717) is 4.77 Å². The van der Waals surface area contributed by atoms with Crippen molar-refractivity contribution in [3.05, 3.63) is 34.9 Å². The van der Waals surface area contributed by atoms with Gasteiger partial charge in [-0.05, 0) is 55.7 Å². The van der Waals surface area contributed by atoms with Crippen LogP contribution in [0.15, 0.2) is 24.3 Å². The zero-order valence-electron chi connectivity index (χ0n) is 11.8. The van der Waals surface area contributed by atoms with Crippen molar-refractivity contribution in [2.45, 2.75) is 32.6 Å². The maximum atomic E-state index is 5.34. The molecule has 1 aliphatic rings. The summed E-state index contributed by atoms with van der Waals surface area (Å²) in [5.41, 5.74) is 2.40. The summed E-state index contributed by atoms with van der Waals surface area (Å²) in [5.74, 6) is 1.01. The van der Waals surface area contributed by atoms with E-state index in [0.717, 1.165) is 24.4 Å². The summed E-state index contributed by atoms with van der Waals surface area (Å²) in [6.45, 7) is 4.50. The minimum absolute atomic E-state index is 0.669. The van der Waals surface area contributed by atoms with Crippen molar-refractivity contribution in [2.24, 2.45) is 0 Å². The fourth-order valence-electron chi connectivity index (χ4n) is 2.78. The molecule has 1 aliphatic heterocycles. The van der Waals surface area contributed by atoms with Crippen LogP contribution in [0.3, 0.4) is 0 Å². The molecule has 20 heavy (non-hydrogen) atoms. The molecule has 0 radical (unpaired) electrons. The van der Waals surface area contributed by atoms with Gasteiger partial charge in [-0.1, -0.05) is 6.92 Å². The minimum atomic E-state index is 0.669. The van der Waals surface area contributed by atoms with E-state index in [2.05, 4.69) is 46.3 Å². The number of hydrogen-bond acceptors (Lipinski definition) is 3. The molecule has 1 saturated heterocycles. The van der Waals surface area contributed by atoms with Crippen LogP contribution in [0.5, 0.6) is 0 Å². The Morgan fingerprint density at radius 1 is 1.15 bits per heavy atom. The Balaban J connectivity index is 1.91. The number of nitrogens with zero attached hydrogens (tertiary/aromatic N) is 3. The van der Waals surface area contributed by atoms with Crippen molar-refractivity contribution in [1.82, 2.24) is 14.8 Å². The maximum absolute atomic E-state index is 5.34. The second-order valence-electron chi connectivity index (χ2n) is 5.24. The van der Waals surface area contributed by atoms with E-state index >= 15 is 0 Å². The smallest absolute Gasteiger partial charge is 0.199 e. The minimum Gasteiger partial charge on any atom is -0.372 e. The highest BCUT2D eigenvalue weighted by Crippen LogP contribution is 2.22. The quantitative estimate of drug-likeness (QED) is 0.875. The highest BCUT2D eigenvalue weighted by molar-refractivity contribution is 7.71. The molecule has 0 aliphatic carbocycles. The lowest BCUT2D eigenvalue weighted by atomic mass is 10.2. The van der Waals surface area contributed by atoms with Gasteiger partial charge in [0.25, 0.3) is 0 Å². The largest absolute Gasteiger partial charge is 0.372 e. The summed E-state index contributed by atoms with van der Waals surface area (Å²) in [6.07, 6.45) is 4.59. The Kier molecular flexibility index (Phi) is 3.87. The van der Waals surface area contributed by atoms with Crippen LogP contribution < -0.4 is 4.90 Å². The molecule has 2 aromatic rings. The molecule has 1 fully saturated rings. The lowest BCUT2D eigenvalue weighted by molar-refractivity contribution is 0.801. The molecule has 5 heteroatoms. The Labute approximate surface area is 124 Å². The SMILES string of the molecule is CCCc1n[nH]c(=S)n1-c1ccc(N2CCCC2)cc1. The van der Waals surface area contributed by atoms with E-state index in [1.54, 1.807) is 0 Å². The van der Waals surface area contributed by atoms with Crippen LogP contribution in [-0.4, -0.2) is 27.9 Å². The summed E-state index contributed by atoms with van der Waals surface area (Å²) in [5, 5.41) is 7.21. The molecule has 0 spiro atoms. The molecule has 1 aromatic carbocycles. The van der Waals surface area contributed by atoms with E-state index in [4.69, 9.17) is 12.2 Å². The number of anilines is 1. The third-order valence-electron chi connectivity index (χ3n) is 3.79. The predicted octanol–water partition coefficient (Wildman–Crippen LogP) is 3.48. The summed E-state index contributed by atoms with van der Waals surface area (Å²) in [4.78, 5) is 2.44. The average Bonchev–Trinajstić information content (AvgIpc) is 3.10. The van der Waals surface area contributed by atoms with Gasteiger partial charge in [-0.25, -0.2) is 0 Å². The van der Waals surface area contributed by atoms with Crippen LogP contribution in [-0.2, 0) is 6.42 Å². The van der Waals surface area contributed by atoms with Gasteiger partial charge in [-0.2, -0.15) is 5.10 Å². The number of aromatic nitrogens is 3. The molecule has 0 atom stereocenters. The van der Waals surface area contributed by atoms with Crippen molar-refractivity contribution in [2.75, 3.05) is 18.0 Å². The van der Waals surface area contributed by atoms with Gasteiger partial charge in [0.15, 0.2) is 4.77 Å². The van der Waals surface area contributed by atoms with Gasteiger partial charge < -0.3 is 4.90 Å². The standard InChI is InChI=1S/C15H20N4S/c1-2-5-14-16-17-15(20)19(14)13-8-6-12(7-9-13)18-10-3-4-11-18/h6-9H,2-5,10-11H2,1H3,(H,17,20). The molecular formula is C15H20N4S. The van der Waals surface area contributed by atoms with Gasteiger partial charge in [0.05, 0.1) is 0 Å². The number of aromatic amines is 1. The Morgan fingerprint density at radius 3 is 2.45 bits per heavy atom. The molecule has 4 nitrogen and oxygen atoms in total. The predicted molar refractivity (Wildman–Crippen MR) is 84.2 cm³/mol. The number of rotatable bonds is 4. The van der Waals surface area contributed by atoms with Crippen LogP contribution in [0.1, 0.15) is 32.0 Å². The highest BCUT2D eigenvalue weighted by atomic mass is 32.1. The average molecular weight is 288 g/mol. The number of nitrogens with one attached hydrogen (secondary N) is 1. The number of aryl methyl sites for hydroxylation is 1. The summed E-state index contributed by atoms with van der Waals surface area (Å²) in [7, 11) is 0. The second-order valence-corrected chi connectivity index (χ2v) is 5.63. The number of hydrogen-bond donors (Lipinski definition) is 1. The van der Waals surface area contributed by atoms with Crippen LogP contribution >= 0.6 is 12.2 Å². The third-order valence-corrected chi connectivity index (χ3v) is 4.07. The van der Waals surface area contributed by atoms with Crippen molar-refractivity contribution >= 4 is 17.9 Å². The molecule has 0 unspecified atom stereocenters. The molecule has 1 N–H and O–H groups in total. The van der Waals surface area contributed by atoms with E-state index < -0.39 is 0 Å². The van der Waals surface area contributed by atoms with Crippen LogP contribution in [0.2, 0.25) is 0 Å². The summed E-state index contributed by atoms with van der Waals surface area (Å²) in [6, 6.07) is 8.65. The lowest BCUT2D eigenvalue weighted by Gasteiger charge is -2.18. The third kappa shape index (κ3) is 2.50. The molecule has 0 bridgehead atoms. The van der Waals surface area contributed by atoms with Crippen LogP contribution in [0, 0.1) is 4.77 Å². The zero-order chi connectivity index (χ0) is 13.9. The molecular weight excluding hydrogens is 268 g/mol. The first-order valence-electron chi connectivity index (χ1n) is 7.31. The van der Waals surface area contributed by atoms with Crippen molar-refractivity contribution in [3.63, 3.8) is 0 Å². The van der Waals surface area contributed by atoms with Crippen molar-refractivity contribution in [1.29, 1.82) is 0 Å². The summed E-state index contributed by atoms with van der Waals surface area (Å²) >= 11 is 5.34. The van der Waals surface area contributed by atoms with Crippen LogP contribution in [0.4, 0.5) is 5.69 Å². The topological polar surface area (TPSA) is 36.9 Å². The Hall–Kier alpha value is -1.62. The van der Waals surface area contributed by atoms with Gasteiger partial charge in [0.2, 0.25) is 0 Å². The van der Waals surface area contributed by atoms with Crippen LogP contribution in [0.25, 0.3) is 5.69 Å². The molecule has 0 saturated carbocycles. The summed E-state index contributed by atoms with van der Waals surface area (Å²) < 4.78 is 2.70. The van der Waals surface area contributed by atoms with Gasteiger partial charge in [-0.3, -0.25) is 9.67 Å². The van der Waals surface area contributed by atoms with E-state index in [9.17, 15) is 0 Å². The van der Waals surface area contributed by atoms with E-state index in [1.807, 2.05) is 4.57 Å². The Bertz CT molecular complexity index is 620. The van der Waals surface area contributed by atoms with Gasteiger partial charge >= 0.3 is 0 Å². The van der Waals surface area contributed by atoms with Gasteiger partial charge in [0.1, 0.15) is 5.82 Å². The van der Waals surface area contributed by atoms with E-state index in [1.165, 1.54) is 31.6 Å². The molecule has 2 heterocycles. The molecule has 106 valence electrons.